The summed E-state index contributed by atoms with van der Waals surface area (Å²) >= 11 is 3.41. The minimum absolute atomic E-state index is 0.279. The van der Waals surface area contributed by atoms with Crippen LogP contribution in [-0.2, 0) is 21.6 Å². The molecule has 0 N–H and O–H groups in total. The lowest BCUT2D eigenvalue weighted by Gasteiger charge is -2.34. The van der Waals surface area contributed by atoms with Gasteiger partial charge in [-0.2, -0.15) is 5.10 Å². The molecule has 3 rings (SSSR count). The van der Waals surface area contributed by atoms with Crippen molar-refractivity contribution in [2.45, 2.75) is 44.9 Å². The Morgan fingerprint density at radius 1 is 1.48 bits per heavy atom. The molecule has 6 nitrogen and oxygen atoms in total. The van der Waals surface area contributed by atoms with Gasteiger partial charge in [-0.05, 0) is 42.8 Å². The number of amides is 1. The molecule has 2 aliphatic heterocycles. The van der Waals surface area contributed by atoms with Crippen molar-refractivity contribution in [3.63, 3.8) is 0 Å². The summed E-state index contributed by atoms with van der Waals surface area (Å²) in [5.41, 5.74) is 0.103. The van der Waals surface area contributed by atoms with Gasteiger partial charge < -0.3 is 14.4 Å². The number of nitrogens with zero attached hydrogens (tertiary/aromatic N) is 3. The molecule has 1 aromatic heterocycles. The van der Waals surface area contributed by atoms with E-state index in [2.05, 4.69) is 21.0 Å². The fraction of sp³-hybridized carbons (Fsp3) is 0.714. The van der Waals surface area contributed by atoms with Crippen LogP contribution in [-0.4, -0.2) is 46.1 Å². The number of hydrogen-bond acceptors (Lipinski definition) is 4. The number of fused-ring (bicyclic) bond motifs is 2. The van der Waals surface area contributed by atoms with Crippen molar-refractivity contribution in [1.82, 2.24) is 14.7 Å². The summed E-state index contributed by atoms with van der Waals surface area (Å²) in [4.78, 5) is 13.9. The van der Waals surface area contributed by atoms with Gasteiger partial charge in [-0.15, -0.1) is 0 Å². The standard InChI is InChI=1S/C14H20BrN3O3/c1-13(2,3)21-12(19)17-5-4-14(9-17)10-8-11(15)16-18(10)6-7-20-14/h8H,4-7,9H2,1-3H3/t14-/m0/s1. The van der Waals surface area contributed by atoms with Crippen molar-refractivity contribution in [3.8, 4) is 0 Å². The van der Waals surface area contributed by atoms with Crippen LogP contribution in [0, 0.1) is 0 Å². The molecule has 21 heavy (non-hydrogen) atoms. The van der Waals surface area contributed by atoms with Crippen molar-refractivity contribution in [3.05, 3.63) is 16.4 Å². The maximum atomic E-state index is 12.2. The van der Waals surface area contributed by atoms with E-state index >= 15 is 0 Å². The fourth-order valence-electron chi connectivity index (χ4n) is 2.92. The van der Waals surface area contributed by atoms with Crippen molar-refractivity contribution >= 4 is 22.0 Å². The van der Waals surface area contributed by atoms with Crippen LogP contribution in [0.5, 0.6) is 0 Å². The highest BCUT2D eigenvalue weighted by Crippen LogP contribution is 2.39. The first-order chi connectivity index (χ1) is 9.79. The van der Waals surface area contributed by atoms with Crippen LogP contribution in [0.2, 0.25) is 0 Å². The molecule has 0 aliphatic carbocycles. The first kappa shape index (κ1) is 14.8. The molecule has 0 saturated carbocycles. The van der Waals surface area contributed by atoms with Crippen LogP contribution in [0.4, 0.5) is 4.79 Å². The summed E-state index contributed by atoms with van der Waals surface area (Å²) in [6.45, 7) is 8.14. The van der Waals surface area contributed by atoms with E-state index in [1.807, 2.05) is 31.5 Å². The first-order valence-electron chi connectivity index (χ1n) is 7.15. The maximum absolute atomic E-state index is 12.2. The molecule has 0 unspecified atom stereocenters. The lowest BCUT2D eigenvalue weighted by molar-refractivity contribution is -0.0727. The maximum Gasteiger partial charge on any atom is 0.410 e. The third-order valence-corrected chi connectivity index (χ3v) is 4.17. The number of halogens is 1. The van der Waals surface area contributed by atoms with E-state index in [-0.39, 0.29) is 6.09 Å². The van der Waals surface area contributed by atoms with E-state index in [0.717, 1.165) is 23.3 Å². The second-order valence-electron chi connectivity index (χ2n) is 6.57. The number of carbonyl (C=O) groups excluding carboxylic acids is 1. The molecular formula is C14H20BrN3O3. The zero-order valence-electron chi connectivity index (χ0n) is 12.6. The highest BCUT2D eigenvalue weighted by atomic mass is 79.9. The molecule has 2 aliphatic rings. The van der Waals surface area contributed by atoms with Gasteiger partial charge in [0, 0.05) is 13.0 Å². The summed E-state index contributed by atoms with van der Waals surface area (Å²) in [5, 5.41) is 4.42. The molecule has 3 heterocycles. The van der Waals surface area contributed by atoms with Gasteiger partial charge in [-0.25, -0.2) is 4.79 Å². The normalized spacial score (nSPS) is 25.2. The molecule has 1 spiro atoms. The zero-order valence-corrected chi connectivity index (χ0v) is 14.1. The molecule has 1 amide bonds. The molecule has 0 radical (unpaired) electrons. The predicted octanol–water partition coefficient (Wildman–Crippen LogP) is 2.51. The number of rotatable bonds is 0. The first-order valence-corrected chi connectivity index (χ1v) is 7.94. The van der Waals surface area contributed by atoms with Gasteiger partial charge in [0.15, 0.2) is 0 Å². The molecule has 1 atom stereocenters. The van der Waals surface area contributed by atoms with Crippen LogP contribution in [0.15, 0.2) is 10.7 Å². The monoisotopic (exact) mass is 357 g/mol. The summed E-state index contributed by atoms with van der Waals surface area (Å²) in [5.74, 6) is 0. The number of likely N-dealkylation sites (tertiary alicyclic amines) is 1. The third-order valence-electron chi connectivity index (χ3n) is 3.78. The average molecular weight is 358 g/mol. The topological polar surface area (TPSA) is 56.6 Å². The molecule has 1 saturated heterocycles. The molecule has 7 heteroatoms. The molecule has 0 aromatic carbocycles. The number of ether oxygens (including phenoxy) is 2. The Balaban J connectivity index is 1.79. The number of hydrogen-bond donors (Lipinski definition) is 0. The van der Waals surface area contributed by atoms with Crippen molar-refractivity contribution < 1.29 is 14.3 Å². The lowest BCUT2D eigenvalue weighted by Crippen LogP contribution is -2.43. The third kappa shape index (κ3) is 2.81. The van der Waals surface area contributed by atoms with Gasteiger partial charge in [-0.3, -0.25) is 4.68 Å². The Labute approximate surface area is 132 Å². The Hall–Kier alpha value is -1.08. The van der Waals surface area contributed by atoms with Crippen LogP contribution in [0.25, 0.3) is 0 Å². The van der Waals surface area contributed by atoms with Gasteiger partial charge in [0.05, 0.1) is 25.4 Å². The summed E-state index contributed by atoms with van der Waals surface area (Å²) in [6.07, 6.45) is 0.489. The van der Waals surface area contributed by atoms with E-state index in [1.54, 1.807) is 4.90 Å². The van der Waals surface area contributed by atoms with Gasteiger partial charge in [0.1, 0.15) is 15.8 Å². The molecular weight excluding hydrogens is 338 g/mol. The summed E-state index contributed by atoms with van der Waals surface area (Å²) < 4.78 is 14.3. The fourth-order valence-corrected chi connectivity index (χ4v) is 3.32. The SMILES string of the molecule is CC(C)(C)OC(=O)N1CC[C@@]2(C1)OCCn1nc(Br)cc12. The van der Waals surface area contributed by atoms with Crippen molar-refractivity contribution in [2.24, 2.45) is 0 Å². The van der Waals surface area contributed by atoms with E-state index < -0.39 is 11.2 Å². The van der Waals surface area contributed by atoms with Crippen LogP contribution < -0.4 is 0 Å². The largest absolute Gasteiger partial charge is 0.444 e. The lowest BCUT2D eigenvalue weighted by atomic mass is 9.97. The van der Waals surface area contributed by atoms with E-state index in [4.69, 9.17) is 9.47 Å². The smallest absolute Gasteiger partial charge is 0.410 e. The Bertz CT molecular complexity index is 566. The summed E-state index contributed by atoms with van der Waals surface area (Å²) in [6, 6.07) is 1.98. The quantitative estimate of drug-likeness (QED) is 0.715. The molecule has 0 bridgehead atoms. The Morgan fingerprint density at radius 2 is 2.24 bits per heavy atom. The van der Waals surface area contributed by atoms with E-state index in [0.29, 0.717) is 19.7 Å². The predicted molar refractivity (Wildman–Crippen MR) is 80.0 cm³/mol. The van der Waals surface area contributed by atoms with Crippen molar-refractivity contribution in [2.75, 3.05) is 19.7 Å². The minimum Gasteiger partial charge on any atom is -0.444 e. The molecule has 1 aromatic rings. The Morgan fingerprint density at radius 3 is 2.95 bits per heavy atom. The highest BCUT2D eigenvalue weighted by molar-refractivity contribution is 9.10. The summed E-state index contributed by atoms with van der Waals surface area (Å²) in [7, 11) is 0. The van der Waals surface area contributed by atoms with Crippen LogP contribution in [0.1, 0.15) is 32.9 Å². The zero-order chi connectivity index (χ0) is 15.3. The average Bonchev–Trinajstić information content (AvgIpc) is 2.92. The van der Waals surface area contributed by atoms with E-state index in [1.165, 1.54) is 0 Å². The van der Waals surface area contributed by atoms with Crippen LogP contribution in [0.3, 0.4) is 0 Å². The van der Waals surface area contributed by atoms with E-state index in [9.17, 15) is 4.79 Å². The van der Waals surface area contributed by atoms with Gasteiger partial charge >= 0.3 is 6.09 Å². The van der Waals surface area contributed by atoms with Gasteiger partial charge in [0.25, 0.3) is 0 Å². The number of carbonyl (C=O) groups is 1. The number of aromatic nitrogens is 2. The van der Waals surface area contributed by atoms with Gasteiger partial charge in [0.2, 0.25) is 0 Å². The van der Waals surface area contributed by atoms with Crippen LogP contribution >= 0.6 is 15.9 Å². The van der Waals surface area contributed by atoms with Crippen molar-refractivity contribution in [1.29, 1.82) is 0 Å². The Kier molecular flexibility index (Phi) is 3.52. The minimum atomic E-state index is -0.481. The van der Waals surface area contributed by atoms with Gasteiger partial charge in [-0.1, -0.05) is 0 Å². The second-order valence-corrected chi connectivity index (χ2v) is 7.38. The molecule has 1 fully saturated rings. The highest BCUT2D eigenvalue weighted by Gasteiger charge is 2.47. The molecule has 116 valence electrons. The second kappa shape index (κ2) is 4.98.